The molecule has 0 spiro atoms. The molecule has 76 valence electrons. The molecule has 0 atom stereocenters. The molecule has 2 N–H and O–H groups in total. The number of benzene rings is 1. The molecule has 2 rings (SSSR count). The van der Waals surface area contributed by atoms with Crippen molar-refractivity contribution in [1.29, 1.82) is 0 Å². The van der Waals surface area contributed by atoms with Gasteiger partial charge >= 0.3 is 6.61 Å². The summed E-state index contributed by atoms with van der Waals surface area (Å²) in [6.07, 6.45) is 1.92. The molecule has 0 amide bonds. The summed E-state index contributed by atoms with van der Waals surface area (Å²) < 4.78 is 27.9. The van der Waals surface area contributed by atoms with E-state index in [1.54, 1.807) is 12.1 Å². The highest BCUT2D eigenvalue weighted by atomic mass is 19.3. The lowest BCUT2D eigenvalue weighted by molar-refractivity contribution is -0.0498. The van der Waals surface area contributed by atoms with Crippen LogP contribution < -0.4 is 10.5 Å². The van der Waals surface area contributed by atoms with Crippen molar-refractivity contribution in [2.75, 3.05) is 0 Å². The zero-order chi connectivity index (χ0) is 10.2. The Morgan fingerprint density at radius 2 is 1.79 bits per heavy atom. The predicted octanol–water partition coefficient (Wildman–Crippen LogP) is 2.24. The van der Waals surface area contributed by atoms with Gasteiger partial charge in [0.25, 0.3) is 0 Å². The lowest BCUT2D eigenvalue weighted by Crippen LogP contribution is -2.18. The molecule has 0 saturated heterocycles. The third-order valence-electron chi connectivity index (χ3n) is 2.44. The second-order valence-corrected chi connectivity index (χ2v) is 3.56. The Kier molecular flexibility index (Phi) is 2.15. The summed E-state index contributed by atoms with van der Waals surface area (Å²) in [6, 6.07) is 6.53. The monoisotopic (exact) mass is 199 g/mol. The maximum atomic E-state index is 11.8. The molecular formula is C10H11F2NO. The van der Waals surface area contributed by atoms with Crippen molar-refractivity contribution < 1.29 is 13.5 Å². The average molecular weight is 199 g/mol. The second kappa shape index (κ2) is 3.20. The topological polar surface area (TPSA) is 35.2 Å². The molecule has 0 radical (unpaired) electrons. The molecule has 1 fully saturated rings. The van der Waals surface area contributed by atoms with Gasteiger partial charge < -0.3 is 10.5 Å². The summed E-state index contributed by atoms with van der Waals surface area (Å²) in [5.41, 5.74) is 6.70. The molecule has 1 aliphatic carbocycles. The first kappa shape index (κ1) is 9.40. The minimum absolute atomic E-state index is 0.174. The van der Waals surface area contributed by atoms with Crippen LogP contribution in [0.2, 0.25) is 0 Å². The SMILES string of the molecule is NC1(c2ccc(OC(F)F)cc2)CC1. The highest BCUT2D eigenvalue weighted by Gasteiger charge is 2.39. The van der Waals surface area contributed by atoms with E-state index in [0.717, 1.165) is 18.4 Å². The lowest BCUT2D eigenvalue weighted by Gasteiger charge is -2.10. The third-order valence-corrected chi connectivity index (χ3v) is 2.44. The zero-order valence-corrected chi connectivity index (χ0v) is 7.54. The third kappa shape index (κ3) is 1.85. The highest BCUT2D eigenvalue weighted by Crippen LogP contribution is 2.42. The van der Waals surface area contributed by atoms with Crippen LogP contribution in [0.3, 0.4) is 0 Å². The number of halogens is 2. The van der Waals surface area contributed by atoms with Gasteiger partial charge in [0.15, 0.2) is 0 Å². The summed E-state index contributed by atoms with van der Waals surface area (Å²) in [6.45, 7) is -2.77. The van der Waals surface area contributed by atoms with Gasteiger partial charge in [-0.1, -0.05) is 12.1 Å². The number of hydrogen-bond acceptors (Lipinski definition) is 2. The summed E-state index contributed by atoms with van der Waals surface area (Å²) in [4.78, 5) is 0. The van der Waals surface area contributed by atoms with E-state index in [0.29, 0.717) is 0 Å². The molecule has 1 aliphatic rings. The van der Waals surface area contributed by atoms with Gasteiger partial charge in [0.05, 0.1) is 0 Å². The van der Waals surface area contributed by atoms with Gasteiger partial charge in [-0.05, 0) is 30.5 Å². The van der Waals surface area contributed by atoms with Crippen LogP contribution in [0, 0.1) is 0 Å². The van der Waals surface area contributed by atoms with E-state index >= 15 is 0 Å². The molecule has 0 aliphatic heterocycles. The van der Waals surface area contributed by atoms with Crippen molar-refractivity contribution in [2.24, 2.45) is 5.73 Å². The van der Waals surface area contributed by atoms with Gasteiger partial charge in [-0.15, -0.1) is 0 Å². The van der Waals surface area contributed by atoms with Crippen molar-refractivity contribution in [3.63, 3.8) is 0 Å². The molecule has 4 heteroatoms. The molecule has 0 unspecified atom stereocenters. The van der Waals surface area contributed by atoms with Crippen molar-refractivity contribution in [2.45, 2.75) is 25.0 Å². The van der Waals surface area contributed by atoms with E-state index in [2.05, 4.69) is 4.74 Å². The smallest absolute Gasteiger partial charge is 0.387 e. The van der Waals surface area contributed by atoms with E-state index in [1.165, 1.54) is 12.1 Å². The number of rotatable bonds is 3. The Bertz CT molecular complexity index is 319. The van der Waals surface area contributed by atoms with Crippen LogP contribution in [-0.2, 0) is 5.54 Å². The maximum absolute atomic E-state index is 11.8. The van der Waals surface area contributed by atoms with Gasteiger partial charge in [0, 0.05) is 5.54 Å². The normalized spacial score (nSPS) is 18.3. The van der Waals surface area contributed by atoms with Crippen LogP contribution in [-0.4, -0.2) is 6.61 Å². The Morgan fingerprint density at radius 1 is 1.21 bits per heavy atom. The van der Waals surface area contributed by atoms with E-state index in [4.69, 9.17) is 5.73 Å². The van der Waals surface area contributed by atoms with Crippen LogP contribution in [0.25, 0.3) is 0 Å². The van der Waals surface area contributed by atoms with Gasteiger partial charge in [-0.25, -0.2) is 0 Å². The summed E-state index contributed by atoms with van der Waals surface area (Å²) in [5, 5.41) is 0. The molecule has 0 heterocycles. The summed E-state index contributed by atoms with van der Waals surface area (Å²) in [7, 11) is 0. The quantitative estimate of drug-likeness (QED) is 0.810. The standard InChI is InChI=1S/C10H11F2NO/c11-9(12)14-8-3-1-7(2-4-8)10(13)5-6-10/h1-4,9H,5-6,13H2. The summed E-state index contributed by atoms with van der Waals surface area (Å²) in [5.74, 6) is 0.174. The fraction of sp³-hybridized carbons (Fsp3) is 0.400. The van der Waals surface area contributed by atoms with Crippen LogP contribution in [0.5, 0.6) is 5.75 Å². The van der Waals surface area contributed by atoms with Crippen molar-refractivity contribution in [1.82, 2.24) is 0 Å². The van der Waals surface area contributed by atoms with Gasteiger partial charge in [0.1, 0.15) is 5.75 Å². The molecule has 2 nitrogen and oxygen atoms in total. The summed E-state index contributed by atoms with van der Waals surface area (Å²) >= 11 is 0. The predicted molar refractivity (Wildman–Crippen MR) is 48.2 cm³/mol. The molecule has 0 bridgehead atoms. The van der Waals surface area contributed by atoms with Crippen LogP contribution in [0.15, 0.2) is 24.3 Å². The maximum Gasteiger partial charge on any atom is 0.387 e. The molecule has 1 aromatic rings. The molecule has 1 aromatic carbocycles. The fourth-order valence-corrected chi connectivity index (χ4v) is 1.39. The Morgan fingerprint density at radius 3 is 2.21 bits per heavy atom. The highest BCUT2D eigenvalue weighted by molar-refractivity contribution is 5.34. The second-order valence-electron chi connectivity index (χ2n) is 3.56. The Labute approximate surface area is 80.7 Å². The van der Waals surface area contributed by atoms with Crippen LogP contribution >= 0.6 is 0 Å². The van der Waals surface area contributed by atoms with Crippen molar-refractivity contribution >= 4 is 0 Å². The minimum Gasteiger partial charge on any atom is -0.435 e. The first-order valence-corrected chi connectivity index (χ1v) is 4.44. The van der Waals surface area contributed by atoms with Crippen molar-refractivity contribution in [3.8, 4) is 5.75 Å². The molecule has 1 saturated carbocycles. The largest absolute Gasteiger partial charge is 0.435 e. The Hall–Kier alpha value is -1.16. The van der Waals surface area contributed by atoms with E-state index < -0.39 is 6.61 Å². The van der Waals surface area contributed by atoms with Gasteiger partial charge in [0.2, 0.25) is 0 Å². The van der Waals surface area contributed by atoms with Crippen molar-refractivity contribution in [3.05, 3.63) is 29.8 Å². The van der Waals surface area contributed by atoms with E-state index in [-0.39, 0.29) is 11.3 Å². The molecule has 14 heavy (non-hydrogen) atoms. The minimum atomic E-state index is -2.77. The zero-order valence-electron chi connectivity index (χ0n) is 7.54. The Balaban J connectivity index is 2.10. The average Bonchev–Trinajstić information content (AvgIpc) is 2.85. The van der Waals surface area contributed by atoms with Crippen LogP contribution in [0.4, 0.5) is 8.78 Å². The van der Waals surface area contributed by atoms with E-state index in [1.807, 2.05) is 0 Å². The fourth-order valence-electron chi connectivity index (χ4n) is 1.39. The number of hydrogen-bond donors (Lipinski definition) is 1. The molecular weight excluding hydrogens is 188 g/mol. The first-order valence-electron chi connectivity index (χ1n) is 4.44. The number of nitrogens with two attached hydrogens (primary N) is 1. The number of ether oxygens (including phenoxy) is 1. The van der Waals surface area contributed by atoms with Gasteiger partial charge in [-0.2, -0.15) is 8.78 Å². The van der Waals surface area contributed by atoms with E-state index in [9.17, 15) is 8.78 Å². The number of alkyl halides is 2. The lowest BCUT2D eigenvalue weighted by atomic mass is 10.1. The first-order chi connectivity index (χ1) is 6.60. The molecule has 0 aromatic heterocycles. The van der Waals surface area contributed by atoms with Crippen LogP contribution in [0.1, 0.15) is 18.4 Å². The van der Waals surface area contributed by atoms with Gasteiger partial charge in [-0.3, -0.25) is 0 Å².